The highest BCUT2D eigenvalue weighted by atomic mass is 16.5. The van der Waals surface area contributed by atoms with Crippen LogP contribution >= 0.6 is 0 Å². The monoisotopic (exact) mass is 591 g/mol. The van der Waals surface area contributed by atoms with Crippen LogP contribution in [0.4, 0.5) is 17.5 Å². The molecular formula is C32H33N9O3. The highest BCUT2D eigenvalue weighted by Gasteiger charge is 2.28. The third kappa shape index (κ3) is 4.53. The first-order chi connectivity index (χ1) is 21.5. The highest BCUT2D eigenvalue weighted by molar-refractivity contribution is 5.96. The molecule has 44 heavy (non-hydrogen) atoms. The van der Waals surface area contributed by atoms with Gasteiger partial charge in [-0.25, -0.2) is 19.3 Å². The molecule has 1 amide bonds. The first-order valence-corrected chi connectivity index (χ1v) is 15.2. The summed E-state index contributed by atoms with van der Waals surface area (Å²) >= 11 is 0. The van der Waals surface area contributed by atoms with E-state index in [1.165, 1.54) is 5.52 Å². The molecule has 0 radical (unpaired) electrons. The van der Waals surface area contributed by atoms with Gasteiger partial charge < -0.3 is 19.5 Å². The fraction of sp³-hybridized carbons (Fsp3) is 0.344. The molecule has 8 rings (SSSR count). The number of amides is 1. The molecule has 0 spiro atoms. The van der Waals surface area contributed by atoms with Gasteiger partial charge in [-0.2, -0.15) is 4.98 Å². The molecule has 0 saturated carbocycles. The molecule has 224 valence electrons. The van der Waals surface area contributed by atoms with Crippen LogP contribution in [0.15, 0.2) is 65.7 Å². The number of pyridine rings is 1. The van der Waals surface area contributed by atoms with Crippen molar-refractivity contribution >= 4 is 45.3 Å². The van der Waals surface area contributed by atoms with Gasteiger partial charge in [-0.05, 0) is 82.2 Å². The van der Waals surface area contributed by atoms with Crippen molar-refractivity contribution in [3.63, 3.8) is 0 Å². The number of carbonyl (C=O) groups excluding carboxylic acids is 1. The number of benzene rings is 1. The standard InChI is InChI=1S/C32H33N9O3/c1-37-15-11-23(12-16-37)38-17-10-21-18-22(6-7-25(21)38)34-32-33-19-24-29(36-32)41-27-9-8-26-30(35-27)39(28(42)20-44-26)13-4-2-3-5-14-40(41)31(24)43/h3,5-10,17-19,23H,2,4,11-16,20H2,1H3,(H,33,34,36)/b5-3-. The van der Waals surface area contributed by atoms with Gasteiger partial charge in [0.25, 0.3) is 11.5 Å². The summed E-state index contributed by atoms with van der Waals surface area (Å²) in [6, 6.07) is 12.5. The first kappa shape index (κ1) is 26.6. The SMILES string of the molecule is CN1CCC(n2ccc3cc(Nc4ncc5c(=O)n6n(c5n4)-c4ccc5c(n4)N(CCC/C=C\C6)C(=O)CO5)ccc32)CC1. The molecule has 0 unspecified atom stereocenters. The van der Waals surface area contributed by atoms with E-state index in [1.807, 2.05) is 18.2 Å². The number of anilines is 3. The molecule has 2 bridgehead atoms. The quantitative estimate of drug-likeness (QED) is 0.313. The number of nitrogens with one attached hydrogen (secondary N) is 1. The van der Waals surface area contributed by atoms with Gasteiger partial charge in [-0.3, -0.25) is 14.5 Å². The molecule has 4 aromatic heterocycles. The van der Waals surface area contributed by atoms with Crippen molar-refractivity contribution in [2.24, 2.45) is 0 Å². The lowest BCUT2D eigenvalue weighted by molar-refractivity contribution is -0.121. The molecule has 3 aliphatic heterocycles. The highest BCUT2D eigenvalue weighted by Crippen LogP contribution is 2.33. The van der Waals surface area contributed by atoms with Crippen molar-refractivity contribution in [1.29, 1.82) is 0 Å². The largest absolute Gasteiger partial charge is 0.480 e. The maximum Gasteiger partial charge on any atom is 0.278 e. The molecule has 0 atom stereocenters. The summed E-state index contributed by atoms with van der Waals surface area (Å²) < 4.78 is 11.4. The smallest absolute Gasteiger partial charge is 0.278 e. The van der Waals surface area contributed by atoms with Crippen molar-refractivity contribution in [2.75, 3.05) is 43.5 Å². The lowest BCUT2D eigenvalue weighted by atomic mass is 10.1. The Bertz CT molecular complexity index is 2000. The van der Waals surface area contributed by atoms with Crippen LogP contribution in [0.25, 0.3) is 27.8 Å². The minimum atomic E-state index is -0.214. The van der Waals surface area contributed by atoms with Crippen LogP contribution in [0.1, 0.15) is 31.7 Å². The average Bonchev–Trinajstić information content (AvgIpc) is 3.57. The van der Waals surface area contributed by atoms with Crippen molar-refractivity contribution in [3.8, 4) is 11.6 Å². The average molecular weight is 592 g/mol. The van der Waals surface area contributed by atoms with Crippen LogP contribution in [0.5, 0.6) is 5.75 Å². The molecule has 7 heterocycles. The molecule has 1 aromatic carbocycles. The fourth-order valence-electron chi connectivity index (χ4n) is 6.52. The van der Waals surface area contributed by atoms with Gasteiger partial charge in [0.05, 0.1) is 6.54 Å². The number of hydrogen-bond donors (Lipinski definition) is 1. The van der Waals surface area contributed by atoms with Gasteiger partial charge in [0.15, 0.2) is 29.6 Å². The lowest BCUT2D eigenvalue weighted by Crippen LogP contribution is -2.40. The Morgan fingerprint density at radius 3 is 2.77 bits per heavy atom. The van der Waals surface area contributed by atoms with Crippen molar-refractivity contribution in [2.45, 2.75) is 38.3 Å². The van der Waals surface area contributed by atoms with Crippen LogP contribution in [0.3, 0.4) is 0 Å². The predicted molar refractivity (Wildman–Crippen MR) is 168 cm³/mol. The summed E-state index contributed by atoms with van der Waals surface area (Å²) in [5, 5.41) is 4.87. The molecule has 12 nitrogen and oxygen atoms in total. The van der Waals surface area contributed by atoms with E-state index in [0.29, 0.717) is 53.5 Å². The second-order valence-corrected chi connectivity index (χ2v) is 11.7. The summed E-state index contributed by atoms with van der Waals surface area (Å²) in [7, 11) is 2.18. The Kier molecular flexibility index (Phi) is 6.44. The third-order valence-electron chi connectivity index (χ3n) is 8.88. The minimum absolute atomic E-state index is 0.0159. The molecule has 1 N–H and O–H groups in total. The number of rotatable bonds is 3. The number of hydrogen-bond acceptors (Lipinski definition) is 8. The van der Waals surface area contributed by atoms with Crippen molar-refractivity contribution in [1.82, 2.24) is 33.8 Å². The van der Waals surface area contributed by atoms with E-state index >= 15 is 0 Å². The van der Waals surface area contributed by atoms with Crippen LogP contribution in [0, 0.1) is 0 Å². The van der Waals surface area contributed by atoms with Crippen LogP contribution < -0.4 is 20.5 Å². The van der Waals surface area contributed by atoms with Gasteiger partial charge >= 0.3 is 0 Å². The number of fused-ring (bicyclic) bond motifs is 6. The number of carbonyl (C=O) groups is 1. The zero-order valence-corrected chi connectivity index (χ0v) is 24.5. The molecule has 1 fully saturated rings. The van der Waals surface area contributed by atoms with Crippen molar-refractivity contribution in [3.05, 3.63) is 71.3 Å². The Hall–Kier alpha value is -4.97. The normalized spacial score (nSPS) is 18.5. The molecule has 1 saturated heterocycles. The fourth-order valence-corrected chi connectivity index (χ4v) is 6.52. The second kappa shape index (κ2) is 10.6. The summed E-state index contributed by atoms with van der Waals surface area (Å²) in [6.07, 6.45) is 11.6. The Morgan fingerprint density at radius 1 is 1.00 bits per heavy atom. The molecule has 5 aromatic rings. The van der Waals surface area contributed by atoms with Gasteiger partial charge in [0, 0.05) is 41.6 Å². The van der Waals surface area contributed by atoms with E-state index in [9.17, 15) is 9.59 Å². The van der Waals surface area contributed by atoms with Crippen molar-refractivity contribution < 1.29 is 9.53 Å². The number of likely N-dealkylation sites (tertiary alicyclic amines) is 1. The molecule has 3 aliphatic rings. The van der Waals surface area contributed by atoms with Crippen LogP contribution in [-0.2, 0) is 11.3 Å². The number of piperidine rings is 1. The summed E-state index contributed by atoms with van der Waals surface area (Å²) in [4.78, 5) is 44.5. The van der Waals surface area contributed by atoms with E-state index in [2.05, 4.69) is 51.2 Å². The number of aromatic nitrogens is 6. The van der Waals surface area contributed by atoms with E-state index in [1.54, 1.807) is 32.6 Å². The second-order valence-electron chi connectivity index (χ2n) is 11.7. The zero-order valence-electron chi connectivity index (χ0n) is 24.5. The molecule has 12 heteroatoms. The van der Waals surface area contributed by atoms with Crippen LogP contribution in [0.2, 0.25) is 0 Å². The number of ether oxygens (including phenoxy) is 1. The Balaban J connectivity index is 1.18. The molecule has 0 aliphatic carbocycles. The van der Waals surface area contributed by atoms with Gasteiger partial charge in [0.1, 0.15) is 5.39 Å². The maximum absolute atomic E-state index is 13.6. The number of nitrogens with zero attached hydrogens (tertiary/aromatic N) is 8. The van der Waals surface area contributed by atoms with E-state index in [0.717, 1.165) is 49.8 Å². The summed E-state index contributed by atoms with van der Waals surface area (Å²) in [5.74, 6) is 1.70. The lowest BCUT2D eigenvalue weighted by Gasteiger charge is -2.30. The maximum atomic E-state index is 13.6. The zero-order chi connectivity index (χ0) is 29.8. The minimum Gasteiger partial charge on any atom is -0.480 e. The van der Waals surface area contributed by atoms with E-state index < -0.39 is 0 Å². The number of allylic oxidation sites excluding steroid dienone is 2. The topological polar surface area (TPSA) is 115 Å². The van der Waals surface area contributed by atoms with E-state index in [-0.39, 0.29) is 18.1 Å². The Labute approximate surface area is 253 Å². The van der Waals surface area contributed by atoms with Crippen LogP contribution in [-0.4, -0.2) is 73.0 Å². The predicted octanol–water partition coefficient (Wildman–Crippen LogP) is 4.02. The van der Waals surface area contributed by atoms with Gasteiger partial charge in [-0.15, -0.1) is 0 Å². The first-order valence-electron chi connectivity index (χ1n) is 15.2. The third-order valence-corrected chi connectivity index (χ3v) is 8.88. The van der Waals surface area contributed by atoms with E-state index in [4.69, 9.17) is 14.7 Å². The Morgan fingerprint density at radius 2 is 1.89 bits per heavy atom. The van der Waals surface area contributed by atoms with Gasteiger partial charge in [0.2, 0.25) is 5.95 Å². The van der Waals surface area contributed by atoms with Gasteiger partial charge in [-0.1, -0.05) is 12.2 Å². The molecular weight excluding hydrogens is 558 g/mol. The summed E-state index contributed by atoms with van der Waals surface area (Å²) in [5.41, 5.74) is 2.28. The summed E-state index contributed by atoms with van der Waals surface area (Å²) in [6.45, 7) is 3.09.